The molecule has 1 N–H and O–H groups in total. The van der Waals surface area contributed by atoms with Gasteiger partial charge >= 0.3 is 0 Å². The lowest BCUT2D eigenvalue weighted by Crippen LogP contribution is -2.48. The first-order valence-electron chi connectivity index (χ1n) is 5.91. The molecule has 0 radical (unpaired) electrons. The van der Waals surface area contributed by atoms with Gasteiger partial charge in [0.15, 0.2) is 0 Å². The van der Waals surface area contributed by atoms with Crippen LogP contribution in [0.5, 0.6) is 0 Å². The van der Waals surface area contributed by atoms with E-state index in [-0.39, 0.29) is 11.8 Å². The lowest BCUT2D eigenvalue weighted by Gasteiger charge is -2.36. The predicted molar refractivity (Wildman–Crippen MR) is 54.1 cm³/mol. The molecule has 1 saturated carbocycles. The van der Waals surface area contributed by atoms with Crippen LogP contribution in [0.25, 0.3) is 0 Å². The Morgan fingerprint density at radius 1 is 1.33 bits per heavy atom. The van der Waals surface area contributed by atoms with Crippen LogP contribution < -0.4 is 5.32 Å². The second kappa shape index (κ2) is 3.44. The molecule has 4 aliphatic rings. The third kappa shape index (κ3) is 1.65. The number of hydrogen-bond acceptors (Lipinski definition) is 2. The van der Waals surface area contributed by atoms with E-state index in [1.807, 2.05) is 4.90 Å². The van der Waals surface area contributed by atoms with Gasteiger partial charge in [-0.15, -0.1) is 0 Å². The van der Waals surface area contributed by atoms with Crippen LogP contribution in [-0.4, -0.2) is 42.7 Å². The molecule has 3 saturated heterocycles. The van der Waals surface area contributed by atoms with Gasteiger partial charge in [-0.2, -0.15) is 0 Å². The van der Waals surface area contributed by atoms with Crippen LogP contribution in [0.4, 0.5) is 4.39 Å². The Bertz CT molecular complexity index is 280. The van der Waals surface area contributed by atoms with Gasteiger partial charge in [0.25, 0.3) is 0 Å². The topological polar surface area (TPSA) is 32.3 Å². The van der Waals surface area contributed by atoms with Crippen molar-refractivity contribution in [2.45, 2.75) is 31.5 Å². The van der Waals surface area contributed by atoms with Gasteiger partial charge in [0.2, 0.25) is 5.91 Å². The van der Waals surface area contributed by atoms with Crippen LogP contribution in [-0.2, 0) is 4.79 Å². The van der Waals surface area contributed by atoms with E-state index in [0.29, 0.717) is 18.4 Å². The smallest absolute Gasteiger partial charge is 0.229 e. The minimum Gasteiger partial charge on any atom is -0.338 e. The molecule has 3 unspecified atom stereocenters. The zero-order valence-electron chi connectivity index (χ0n) is 8.79. The number of nitrogens with one attached hydrogen (secondary N) is 1. The molecule has 0 spiro atoms. The highest BCUT2D eigenvalue weighted by Crippen LogP contribution is 2.37. The van der Waals surface area contributed by atoms with E-state index in [9.17, 15) is 9.18 Å². The molecule has 84 valence electrons. The van der Waals surface area contributed by atoms with E-state index in [1.165, 1.54) is 6.42 Å². The first-order chi connectivity index (χ1) is 7.25. The first-order valence-corrected chi connectivity index (χ1v) is 5.91. The fraction of sp³-hybridized carbons (Fsp3) is 0.909. The molecule has 3 heterocycles. The molecule has 3 nitrogen and oxygen atoms in total. The maximum absolute atomic E-state index is 12.9. The van der Waals surface area contributed by atoms with E-state index in [1.54, 1.807) is 0 Å². The molecule has 4 rings (SSSR count). The molecule has 0 aromatic rings. The number of carbonyl (C=O) groups is 1. The van der Waals surface area contributed by atoms with Gasteiger partial charge in [-0.1, -0.05) is 0 Å². The summed E-state index contributed by atoms with van der Waals surface area (Å²) in [4.78, 5) is 13.9. The molecule has 1 aliphatic carbocycles. The van der Waals surface area contributed by atoms with Crippen molar-refractivity contribution in [1.29, 1.82) is 0 Å². The van der Waals surface area contributed by atoms with Crippen LogP contribution >= 0.6 is 0 Å². The molecular formula is C11H17FN2O. The molecule has 15 heavy (non-hydrogen) atoms. The Morgan fingerprint density at radius 2 is 2.13 bits per heavy atom. The minimum absolute atomic E-state index is 0.0703. The lowest BCUT2D eigenvalue weighted by atomic mass is 9.94. The Balaban J connectivity index is 1.72. The van der Waals surface area contributed by atoms with Crippen molar-refractivity contribution in [3.05, 3.63) is 0 Å². The Hall–Kier alpha value is -0.640. The highest BCUT2D eigenvalue weighted by molar-refractivity contribution is 5.82. The minimum atomic E-state index is -0.854. The lowest BCUT2D eigenvalue weighted by molar-refractivity contribution is -0.137. The largest absolute Gasteiger partial charge is 0.338 e. The Morgan fingerprint density at radius 3 is 2.87 bits per heavy atom. The van der Waals surface area contributed by atoms with Gasteiger partial charge in [0.1, 0.15) is 6.17 Å². The van der Waals surface area contributed by atoms with Crippen LogP contribution in [0.3, 0.4) is 0 Å². The third-order valence-corrected chi connectivity index (χ3v) is 3.93. The van der Waals surface area contributed by atoms with Gasteiger partial charge < -0.3 is 10.2 Å². The Labute approximate surface area is 89.0 Å². The van der Waals surface area contributed by atoms with Crippen molar-refractivity contribution < 1.29 is 9.18 Å². The zero-order chi connectivity index (χ0) is 10.4. The number of amides is 1. The summed E-state index contributed by atoms with van der Waals surface area (Å²) in [6.45, 7) is 2.76. The molecular weight excluding hydrogens is 195 g/mol. The fourth-order valence-electron chi connectivity index (χ4n) is 2.84. The number of halogens is 1. The van der Waals surface area contributed by atoms with E-state index in [0.717, 1.165) is 26.1 Å². The van der Waals surface area contributed by atoms with Crippen molar-refractivity contribution in [2.24, 2.45) is 11.8 Å². The summed E-state index contributed by atoms with van der Waals surface area (Å²) in [5.41, 5.74) is 0. The van der Waals surface area contributed by atoms with Gasteiger partial charge in [-0.25, -0.2) is 4.39 Å². The van der Waals surface area contributed by atoms with Crippen LogP contribution in [0, 0.1) is 11.8 Å². The average molecular weight is 212 g/mol. The summed E-state index contributed by atoms with van der Waals surface area (Å²) in [6.07, 6.45) is 1.91. The number of rotatable bonds is 1. The second-order valence-electron chi connectivity index (χ2n) is 5.10. The Kier molecular flexibility index (Phi) is 2.20. The standard InChI is InChI=1S/C11H17FN2O/c12-10-3-9(10)11(15)14-6-7-1-2-8(14)5-13-4-7/h7-10,13H,1-6H2/t7-,8?,9?,10?/m0/s1. The SMILES string of the molecule is O=C(C1CC1F)N1C[C@H]2CCC1CNC2. The molecule has 4 atom stereocenters. The molecule has 0 aromatic carbocycles. The van der Waals surface area contributed by atoms with E-state index in [2.05, 4.69) is 5.32 Å². The fourth-order valence-corrected chi connectivity index (χ4v) is 2.84. The van der Waals surface area contributed by atoms with Crippen molar-refractivity contribution in [1.82, 2.24) is 10.2 Å². The normalized spacial score (nSPS) is 43.9. The number of nitrogens with zero attached hydrogens (tertiary/aromatic N) is 1. The number of hydrogen-bond donors (Lipinski definition) is 1. The maximum atomic E-state index is 12.9. The van der Waals surface area contributed by atoms with Crippen molar-refractivity contribution >= 4 is 5.91 Å². The first kappa shape index (κ1) is 9.58. The van der Waals surface area contributed by atoms with E-state index in [4.69, 9.17) is 0 Å². The molecule has 1 amide bonds. The highest BCUT2D eigenvalue weighted by atomic mass is 19.1. The molecule has 2 bridgehead atoms. The van der Waals surface area contributed by atoms with Gasteiger partial charge in [0, 0.05) is 19.1 Å². The van der Waals surface area contributed by atoms with Gasteiger partial charge in [-0.05, 0) is 31.7 Å². The van der Waals surface area contributed by atoms with Crippen LogP contribution in [0.1, 0.15) is 19.3 Å². The average Bonchev–Trinajstić information content (AvgIpc) is 3.00. The zero-order valence-corrected chi connectivity index (χ0v) is 8.79. The molecule has 4 heteroatoms. The van der Waals surface area contributed by atoms with Gasteiger partial charge in [0.05, 0.1) is 5.92 Å². The van der Waals surface area contributed by atoms with Crippen molar-refractivity contribution in [3.63, 3.8) is 0 Å². The predicted octanol–water partition coefficient (Wildman–Crippen LogP) is 0.555. The molecule has 3 aliphatic heterocycles. The van der Waals surface area contributed by atoms with Crippen LogP contribution in [0.15, 0.2) is 0 Å². The number of carbonyl (C=O) groups excluding carboxylic acids is 1. The second-order valence-corrected chi connectivity index (χ2v) is 5.10. The summed E-state index contributed by atoms with van der Waals surface area (Å²) in [5.74, 6) is 0.356. The quantitative estimate of drug-likeness (QED) is 0.688. The molecule has 0 aromatic heterocycles. The van der Waals surface area contributed by atoms with Crippen molar-refractivity contribution in [2.75, 3.05) is 19.6 Å². The summed E-state index contributed by atoms with van der Waals surface area (Å²) >= 11 is 0. The summed E-state index contributed by atoms with van der Waals surface area (Å²) in [5, 5.41) is 3.38. The van der Waals surface area contributed by atoms with Crippen LogP contribution in [0.2, 0.25) is 0 Å². The molecule has 4 fully saturated rings. The summed E-state index contributed by atoms with van der Waals surface area (Å²) in [7, 11) is 0. The summed E-state index contributed by atoms with van der Waals surface area (Å²) < 4.78 is 12.9. The van der Waals surface area contributed by atoms with Gasteiger partial charge in [-0.3, -0.25) is 4.79 Å². The monoisotopic (exact) mass is 212 g/mol. The van der Waals surface area contributed by atoms with Crippen molar-refractivity contribution in [3.8, 4) is 0 Å². The summed E-state index contributed by atoms with van der Waals surface area (Å²) in [6, 6.07) is 0.323. The number of alkyl halides is 1. The third-order valence-electron chi connectivity index (χ3n) is 3.93. The van der Waals surface area contributed by atoms with E-state index >= 15 is 0 Å². The number of fused-ring (bicyclic) bond motifs is 4. The maximum Gasteiger partial charge on any atom is 0.229 e. The number of piperidine rings is 1. The highest BCUT2D eigenvalue weighted by Gasteiger charge is 2.48. The van der Waals surface area contributed by atoms with E-state index < -0.39 is 6.17 Å².